The Morgan fingerprint density at radius 1 is 1.26 bits per heavy atom. The van der Waals surface area contributed by atoms with Gasteiger partial charge in [-0.05, 0) is 43.7 Å². The molecule has 0 saturated carbocycles. The smallest absolute Gasteiger partial charge is 0.251 e. The number of hydrogen-bond donors (Lipinski definition) is 3. The van der Waals surface area contributed by atoms with E-state index in [2.05, 4.69) is 16.0 Å². The van der Waals surface area contributed by atoms with Crippen LogP contribution in [0.3, 0.4) is 0 Å². The summed E-state index contributed by atoms with van der Waals surface area (Å²) in [4.78, 5) is 23.4. The van der Waals surface area contributed by atoms with Crippen LogP contribution in [-0.4, -0.2) is 32.0 Å². The van der Waals surface area contributed by atoms with Crippen LogP contribution in [0.5, 0.6) is 0 Å². The number of anilines is 1. The minimum absolute atomic E-state index is 0.0346. The third-order valence-corrected chi connectivity index (χ3v) is 3.31. The Kier molecular flexibility index (Phi) is 4.52. The Balaban J connectivity index is 1.95. The zero-order valence-corrected chi connectivity index (χ0v) is 11.0. The largest absolute Gasteiger partial charge is 0.355 e. The minimum Gasteiger partial charge on any atom is -0.355 e. The van der Waals surface area contributed by atoms with Crippen molar-refractivity contribution in [1.82, 2.24) is 10.6 Å². The maximum absolute atomic E-state index is 12.0. The van der Waals surface area contributed by atoms with E-state index in [4.69, 9.17) is 0 Å². The highest BCUT2D eigenvalue weighted by atomic mass is 16.2. The fraction of sp³-hybridized carbons (Fsp3) is 0.429. The number of benzene rings is 1. The summed E-state index contributed by atoms with van der Waals surface area (Å²) >= 11 is 0. The first-order valence-electron chi connectivity index (χ1n) is 6.54. The number of amides is 2. The molecule has 0 aromatic heterocycles. The van der Waals surface area contributed by atoms with Crippen LogP contribution >= 0.6 is 0 Å². The molecule has 19 heavy (non-hydrogen) atoms. The first kappa shape index (κ1) is 13.5. The SMILES string of the molecule is CNC(=O)c1ccc(NC(=O)C2CCCNC2)cc1. The zero-order chi connectivity index (χ0) is 13.7. The summed E-state index contributed by atoms with van der Waals surface area (Å²) in [6, 6.07) is 6.90. The molecule has 2 rings (SSSR count). The van der Waals surface area contributed by atoms with Crippen LogP contribution in [0.25, 0.3) is 0 Å². The van der Waals surface area contributed by atoms with Crippen molar-refractivity contribution in [2.24, 2.45) is 5.92 Å². The number of carbonyl (C=O) groups is 2. The van der Waals surface area contributed by atoms with E-state index in [0.717, 1.165) is 31.6 Å². The Morgan fingerprint density at radius 2 is 2.00 bits per heavy atom. The van der Waals surface area contributed by atoms with Gasteiger partial charge in [-0.3, -0.25) is 9.59 Å². The number of nitrogens with one attached hydrogen (secondary N) is 3. The Labute approximate surface area is 112 Å². The molecule has 0 spiro atoms. The fourth-order valence-electron chi connectivity index (χ4n) is 2.17. The minimum atomic E-state index is -0.130. The second-order valence-electron chi connectivity index (χ2n) is 4.69. The number of rotatable bonds is 3. The van der Waals surface area contributed by atoms with Crippen LogP contribution in [0.1, 0.15) is 23.2 Å². The summed E-state index contributed by atoms with van der Waals surface area (Å²) in [5.74, 6) is -0.0541. The number of hydrogen-bond acceptors (Lipinski definition) is 3. The second kappa shape index (κ2) is 6.33. The van der Waals surface area contributed by atoms with Gasteiger partial charge in [0.2, 0.25) is 5.91 Å². The Hall–Kier alpha value is -1.88. The molecule has 3 N–H and O–H groups in total. The van der Waals surface area contributed by atoms with E-state index in [9.17, 15) is 9.59 Å². The van der Waals surface area contributed by atoms with Crippen LogP contribution in [0.2, 0.25) is 0 Å². The third-order valence-electron chi connectivity index (χ3n) is 3.31. The molecule has 5 heteroatoms. The maximum atomic E-state index is 12.0. The summed E-state index contributed by atoms with van der Waals surface area (Å²) in [5, 5.41) is 8.66. The van der Waals surface area contributed by atoms with Gasteiger partial charge < -0.3 is 16.0 Å². The number of carbonyl (C=O) groups excluding carboxylic acids is 2. The normalized spacial score (nSPS) is 18.7. The first-order chi connectivity index (χ1) is 9.20. The van der Waals surface area contributed by atoms with Crippen molar-refractivity contribution < 1.29 is 9.59 Å². The lowest BCUT2D eigenvalue weighted by Gasteiger charge is -2.21. The van der Waals surface area contributed by atoms with Gasteiger partial charge in [0, 0.05) is 24.8 Å². The van der Waals surface area contributed by atoms with Crippen molar-refractivity contribution in [3.63, 3.8) is 0 Å². The molecular weight excluding hydrogens is 242 g/mol. The highest BCUT2D eigenvalue weighted by Crippen LogP contribution is 2.15. The molecule has 5 nitrogen and oxygen atoms in total. The quantitative estimate of drug-likeness (QED) is 0.759. The maximum Gasteiger partial charge on any atom is 0.251 e. The summed E-state index contributed by atoms with van der Waals surface area (Å²) < 4.78 is 0. The molecule has 0 radical (unpaired) electrons. The molecule has 1 aromatic carbocycles. The van der Waals surface area contributed by atoms with Gasteiger partial charge in [-0.2, -0.15) is 0 Å². The van der Waals surface area contributed by atoms with Gasteiger partial charge in [0.25, 0.3) is 5.91 Å². The Bertz CT molecular complexity index is 450. The molecular formula is C14H19N3O2. The Morgan fingerprint density at radius 3 is 2.58 bits per heavy atom. The van der Waals surface area contributed by atoms with Gasteiger partial charge in [0.05, 0.1) is 5.92 Å². The van der Waals surface area contributed by atoms with Gasteiger partial charge >= 0.3 is 0 Å². The molecule has 1 atom stereocenters. The van der Waals surface area contributed by atoms with Crippen molar-refractivity contribution >= 4 is 17.5 Å². The van der Waals surface area contributed by atoms with Crippen LogP contribution < -0.4 is 16.0 Å². The van der Waals surface area contributed by atoms with E-state index in [1.807, 2.05) is 0 Å². The molecule has 1 unspecified atom stereocenters. The van der Waals surface area contributed by atoms with E-state index in [1.165, 1.54) is 0 Å². The van der Waals surface area contributed by atoms with E-state index < -0.39 is 0 Å². The van der Waals surface area contributed by atoms with E-state index in [-0.39, 0.29) is 17.7 Å². The lowest BCUT2D eigenvalue weighted by molar-refractivity contribution is -0.120. The molecule has 1 fully saturated rings. The van der Waals surface area contributed by atoms with Crippen molar-refractivity contribution in [3.05, 3.63) is 29.8 Å². The van der Waals surface area contributed by atoms with Gasteiger partial charge in [-0.1, -0.05) is 0 Å². The standard InChI is InChI=1S/C14H19N3O2/c1-15-13(18)10-4-6-12(7-5-10)17-14(19)11-3-2-8-16-9-11/h4-7,11,16H,2-3,8-9H2,1H3,(H,15,18)(H,17,19). The molecule has 1 heterocycles. The molecule has 1 saturated heterocycles. The van der Waals surface area contributed by atoms with Crippen molar-refractivity contribution in [3.8, 4) is 0 Å². The summed E-state index contributed by atoms with van der Waals surface area (Å²) in [7, 11) is 1.59. The van der Waals surface area contributed by atoms with Crippen molar-refractivity contribution in [1.29, 1.82) is 0 Å². The second-order valence-corrected chi connectivity index (χ2v) is 4.69. The summed E-state index contributed by atoms with van der Waals surface area (Å²) in [6.07, 6.45) is 1.96. The highest BCUT2D eigenvalue weighted by molar-refractivity contribution is 5.96. The summed E-state index contributed by atoms with van der Waals surface area (Å²) in [5.41, 5.74) is 1.31. The van der Waals surface area contributed by atoms with Gasteiger partial charge in [0.15, 0.2) is 0 Å². The summed E-state index contributed by atoms with van der Waals surface area (Å²) in [6.45, 7) is 1.73. The lowest BCUT2D eigenvalue weighted by atomic mass is 9.99. The van der Waals surface area contributed by atoms with Crippen molar-refractivity contribution in [2.45, 2.75) is 12.8 Å². The van der Waals surface area contributed by atoms with Crippen LogP contribution in [0.15, 0.2) is 24.3 Å². The highest BCUT2D eigenvalue weighted by Gasteiger charge is 2.20. The molecule has 0 bridgehead atoms. The molecule has 2 amide bonds. The van der Waals surface area contributed by atoms with Gasteiger partial charge in [-0.15, -0.1) is 0 Å². The lowest BCUT2D eigenvalue weighted by Crippen LogP contribution is -2.37. The molecule has 0 aliphatic carbocycles. The predicted octanol–water partition coefficient (Wildman–Crippen LogP) is 0.984. The molecule has 102 valence electrons. The van der Waals surface area contributed by atoms with Gasteiger partial charge in [-0.25, -0.2) is 0 Å². The van der Waals surface area contributed by atoms with E-state index in [0.29, 0.717) is 5.56 Å². The monoisotopic (exact) mass is 261 g/mol. The van der Waals surface area contributed by atoms with E-state index in [1.54, 1.807) is 31.3 Å². The topological polar surface area (TPSA) is 70.2 Å². The molecule has 1 aromatic rings. The van der Waals surface area contributed by atoms with Crippen molar-refractivity contribution in [2.75, 3.05) is 25.5 Å². The first-order valence-corrected chi connectivity index (χ1v) is 6.54. The molecule has 1 aliphatic rings. The average molecular weight is 261 g/mol. The van der Waals surface area contributed by atoms with Gasteiger partial charge in [0.1, 0.15) is 0 Å². The van der Waals surface area contributed by atoms with Crippen LogP contribution in [0, 0.1) is 5.92 Å². The van der Waals surface area contributed by atoms with Crippen LogP contribution in [0.4, 0.5) is 5.69 Å². The molecule has 1 aliphatic heterocycles. The number of piperidine rings is 1. The predicted molar refractivity (Wildman–Crippen MR) is 74.1 cm³/mol. The zero-order valence-electron chi connectivity index (χ0n) is 11.0. The average Bonchev–Trinajstić information content (AvgIpc) is 2.48. The van der Waals surface area contributed by atoms with Crippen LogP contribution in [-0.2, 0) is 4.79 Å². The fourth-order valence-corrected chi connectivity index (χ4v) is 2.17. The van der Waals surface area contributed by atoms with E-state index >= 15 is 0 Å². The third kappa shape index (κ3) is 3.54.